The predicted octanol–water partition coefficient (Wildman–Crippen LogP) is 4.66. The third kappa shape index (κ3) is 4.38. The summed E-state index contributed by atoms with van der Waals surface area (Å²) in [4.78, 5) is 13.6. The van der Waals surface area contributed by atoms with Gasteiger partial charge in [-0.25, -0.2) is 0 Å². The Kier molecular flexibility index (Phi) is 5.06. The molecule has 23 heavy (non-hydrogen) atoms. The quantitative estimate of drug-likeness (QED) is 0.782. The van der Waals surface area contributed by atoms with E-state index >= 15 is 0 Å². The lowest BCUT2D eigenvalue weighted by Gasteiger charge is -2.19. The van der Waals surface area contributed by atoms with E-state index in [0.717, 1.165) is 0 Å². The highest BCUT2D eigenvalue weighted by Crippen LogP contribution is 2.41. The molecule has 1 aliphatic carbocycles. The van der Waals surface area contributed by atoms with Gasteiger partial charge in [0.1, 0.15) is 0 Å². The van der Waals surface area contributed by atoms with E-state index in [1.807, 2.05) is 12.1 Å². The Labute approximate surface area is 142 Å². The summed E-state index contributed by atoms with van der Waals surface area (Å²) in [5, 5.41) is 3.24. The molecule has 1 amide bonds. The Morgan fingerprint density at radius 3 is 2.48 bits per heavy atom. The number of aryl methyl sites for hydroxylation is 2. The maximum absolute atomic E-state index is 12.4. The van der Waals surface area contributed by atoms with Gasteiger partial charge in [0.2, 0.25) is 5.91 Å². The van der Waals surface area contributed by atoms with E-state index in [1.165, 1.54) is 34.4 Å². The third-order valence-electron chi connectivity index (χ3n) is 4.30. The maximum atomic E-state index is 12.4. The molecule has 2 aromatic carbocycles. The highest BCUT2D eigenvalue weighted by molar-refractivity contribution is 8.00. The fourth-order valence-corrected chi connectivity index (χ4v) is 3.59. The molecule has 1 aliphatic rings. The van der Waals surface area contributed by atoms with Crippen LogP contribution in [0.5, 0.6) is 0 Å². The summed E-state index contributed by atoms with van der Waals surface area (Å²) < 4.78 is 0. The van der Waals surface area contributed by atoms with Gasteiger partial charge in [0.25, 0.3) is 0 Å². The van der Waals surface area contributed by atoms with Crippen molar-refractivity contribution in [3.8, 4) is 0 Å². The minimum Gasteiger partial charge on any atom is -0.348 e. The van der Waals surface area contributed by atoms with E-state index in [2.05, 4.69) is 55.6 Å². The Morgan fingerprint density at radius 2 is 1.83 bits per heavy atom. The topological polar surface area (TPSA) is 29.1 Å². The van der Waals surface area contributed by atoms with Crippen LogP contribution in [0.15, 0.2) is 53.4 Å². The number of nitrogens with one attached hydrogen (secondary N) is 1. The zero-order valence-electron chi connectivity index (χ0n) is 13.7. The van der Waals surface area contributed by atoms with Crippen molar-refractivity contribution in [1.82, 2.24) is 5.32 Å². The molecule has 1 fully saturated rings. The summed E-state index contributed by atoms with van der Waals surface area (Å²) in [7, 11) is 0. The number of rotatable bonds is 6. The molecule has 0 saturated heterocycles. The molecular formula is C20H23NOS. The van der Waals surface area contributed by atoms with Gasteiger partial charge in [-0.05, 0) is 49.8 Å². The van der Waals surface area contributed by atoms with Gasteiger partial charge >= 0.3 is 0 Å². The first-order chi connectivity index (χ1) is 11.1. The zero-order chi connectivity index (χ0) is 16.2. The van der Waals surface area contributed by atoms with Crippen molar-refractivity contribution >= 4 is 17.7 Å². The minimum atomic E-state index is 0.121. The fraction of sp³-hybridized carbons (Fsp3) is 0.350. The Hall–Kier alpha value is -1.74. The Bertz CT molecular complexity index is 676. The smallest absolute Gasteiger partial charge is 0.230 e. The van der Waals surface area contributed by atoms with Crippen molar-refractivity contribution in [3.63, 3.8) is 0 Å². The van der Waals surface area contributed by atoms with Crippen molar-refractivity contribution in [1.29, 1.82) is 0 Å². The van der Waals surface area contributed by atoms with Crippen LogP contribution in [0.4, 0.5) is 0 Å². The number of benzene rings is 2. The van der Waals surface area contributed by atoms with Crippen LogP contribution in [0.2, 0.25) is 0 Å². The standard InChI is InChI=1S/C20H23NOS/c1-14-7-9-16(10-8-14)20(17-11-12-17)21-19(22)13-23-18-6-4-3-5-15(18)2/h3-10,17,20H,11-13H2,1-2H3,(H,21,22). The first-order valence-electron chi connectivity index (χ1n) is 8.18. The van der Waals surface area contributed by atoms with Crippen molar-refractivity contribution < 1.29 is 4.79 Å². The normalized spacial score (nSPS) is 15.2. The van der Waals surface area contributed by atoms with Crippen LogP contribution in [-0.4, -0.2) is 11.7 Å². The second-order valence-electron chi connectivity index (χ2n) is 6.35. The molecule has 3 rings (SSSR count). The molecule has 0 bridgehead atoms. The van der Waals surface area contributed by atoms with E-state index in [9.17, 15) is 4.79 Å². The van der Waals surface area contributed by atoms with Gasteiger partial charge in [-0.2, -0.15) is 0 Å². The average Bonchev–Trinajstić information content (AvgIpc) is 3.38. The Balaban J connectivity index is 1.61. The third-order valence-corrected chi connectivity index (χ3v) is 5.47. The minimum absolute atomic E-state index is 0.121. The van der Waals surface area contributed by atoms with Crippen molar-refractivity contribution in [2.45, 2.75) is 37.6 Å². The van der Waals surface area contributed by atoms with Crippen molar-refractivity contribution in [2.24, 2.45) is 5.92 Å². The van der Waals surface area contributed by atoms with Crippen LogP contribution in [0, 0.1) is 19.8 Å². The molecule has 0 spiro atoms. The van der Waals surface area contributed by atoms with Crippen LogP contribution >= 0.6 is 11.8 Å². The second kappa shape index (κ2) is 7.22. The number of thioether (sulfide) groups is 1. The summed E-state index contributed by atoms with van der Waals surface area (Å²) in [6.45, 7) is 4.17. The summed E-state index contributed by atoms with van der Waals surface area (Å²) in [5.41, 5.74) is 3.71. The van der Waals surface area contributed by atoms with Gasteiger partial charge < -0.3 is 5.32 Å². The summed E-state index contributed by atoms with van der Waals surface area (Å²) in [6, 6.07) is 16.9. The van der Waals surface area contributed by atoms with Crippen LogP contribution in [0.3, 0.4) is 0 Å². The van der Waals surface area contributed by atoms with Crippen molar-refractivity contribution in [3.05, 3.63) is 65.2 Å². The molecule has 1 saturated carbocycles. The van der Waals surface area contributed by atoms with Gasteiger partial charge in [-0.1, -0.05) is 48.0 Å². The fourth-order valence-electron chi connectivity index (χ4n) is 2.75. The Morgan fingerprint density at radius 1 is 1.13 bits per heavy atom. The number of hydrogen-bond acceptors (Lipinski definition) is 2. The first kappa shape index (κ1) is 16.1. The lowest BCUT2D eigenvalue weighted by atomic mass is 10.0. The molecule has 0 heterocycles. The summed E-state index contributed by atoms with van der Waals surface area (Å²) >= 11 is 1.61. The molecule has 0 aromatic heterocycles. The van der Waals surface area contributed by atoms with E-state index in [4.69, 9.17) is 0 Å². The van der Waals surface area contributed by atoms with Gasteiger partial charge in [0.05, 0.1) is 11.8 Å². The largest absolute Gasteiger partial charge is 0.348 e. The van der Waals surface area contributed by atoms with Crippen LogP contribution < -0.4 is 5.32 Å². The van der Waals surface area contributed by atoms with E-state index < -0.39 is 0 Å². The molecule has 2 aromatic rings. The molecule has 1 N–H and O–H groups in total. The zero-order valence-corrected chi connectivity index (χ0v) is 14.5. The molecule has 2 nitrogen and oxygen atoms in total. The number of carbonyl (C=O) groups excluding carboxylic acids is 1. The molecule has 1 unspecified atom stereocenters. The number of hydrogen-bond donors (Lipinski definition) is 1. The predicted molar refractivity (Wildman–Crippen MR) is 96.7 cm³/mol. The highest BCUT2D eigenvalue weighted by Gasteiger charge is 2.33. The van der Waals surface area contributed by atoms with Crippen LogP contribution in [-0.2, 0) is 4.79 Å². The molecule has 120 valence electrons. The van der Waals surface area contributed by atoms with E-state index in [1.54, 1.807) is 11.8 Å². The van der Waals surface area contributed by atoms with Crippen LogP contribution in [0.1, 0.15) is 35.6 Å². The molecule has 3 heteroatoms. The SMILES string of the molecule is Cc1ccc(C(NC(=O)CSc2ccccc2C)C2CC2)cc1. The molecule has 0 aliphatic heterocycles. The van der Waals surface area contributed by atoms with Gasteiger partial charge in [0.15, 0.2) is 0 Å². The summed E-state index contributed by atoms with van der Waals surface area (Å²) in [5.74, 6) is 1.20. The van der Waals surface area contributed by atoms with Crippen LogP contribution in [0.25, 0.3) is 0 Å². The lowest BCUT2D eigenvalue weighted by Crippen LogP contribution is -2.31. The van der Waals surface area contributed by atoms with Gasteiger partial charge in [0, 0.05) is 4.90 Å². The lowest BCUT2D eigenvalue weighted by molar-refractivity contribution is -0.119. The van der Waals surface area contributed by atoms with Gasteiger partial charge in [-0.3, -0.25) is 4.79 Å². The summed E-state index contributed by atoms with van der Waals surface area (Å²) in [6.07, 6.45) is 2.42. The van der Waals surface area contributed by atoms with Gasteiger partial charge in [-0.15, -0.1) is 11.8 Å². The highest BCUT2D eigenvalue weighted by atomic mass is 32.2. The maximum Gasteiger partial charge on any atom is 0.230 e. The monoisotopic (exact) mass is 325 g/mol. The van der Waals surface area contributed by atoms with E-state index in [0.29, 0.717) is 11.7 Å². The molecule has 0 radical (unpaired) electrons. The molecule has 1 atom stereocenters. The number of carbonyl (C=O) groups is 1. The number of amides is 1. The van der Waals surface area contributed by atoms with Crippen molar-refractivity contribution in [2.75, 3.05) is 5.75 Å². The second-order valence-corrected chi connectivity index (χ2v) is 7.36. The molecular weight excluding hydrogens is 302 g/mol. The average molecular weight is 325 g/mol. The first-order valence-corrected chi connectivity index (χ1v) is 9.16. The van der Waals surface area contributed by atoms with E-state index in [-0.39, 0.29) is 11.9 Å².